The molecule has 26 heavy (non-hydrogen) atoms. The third-order valence-corrected chi connectivity index (χ3v) is 4.56. The van der Waals surface area contributed by atoms with Crippen LogP contribution >= 0.6 is 0 Å². The number of carbonyl (C=O) groups excluding carboxylic acids is 2. The van der Waals surface area contributed by atoms with Crippen LogP contribution in [0.1, 0.15) is 15.9 Å². The van der Waals surface area contributed by atoms with Crippen molar-refractivity contribution in [2.24, 2.45) is 0 Å². The Bertz CT molecular complexity index is 920. The van der Waals surface area contributed by atoms with Gasteiger partial charge in [0.05, 0.1) is 0 Å². The molecule has 2 N–H and O–H groups in total. The van der Waals surface area contributed by atoms with E-state index in [0.29, 0.717) is 11.8 Å². The summed E-state index contributed by atoms with van der Waals surface area (Å²) in [6, 6.07) is 14.2. The van der Waals surface area contributed by atoms with E-state index in [2.05, 4.69) is 10.6 Å². The van der Waals surface area contributed by atoms with E-state index in [9.17, 15) is 18.0 Å². The van der Waals surface area contributed by atoms with Crippen LogP contribution in [0, 0.1) is 6.92 Å². The van der Waals surface area contributed by atoms with E-state index in [-0.39, 0.29) is 10.6 Å². The van der Waals surface area contributed by atoms with Crippen molar-refractivity contribution < 1.29 is 22.2 Å². The molecule has 0 heterocycles. The molecular weight excluding hydrogens is 356 g/mol. The number of rotatable bonds is 6. The molecule has 0 aliphatic carbocycles. The van der Waals surface area contributed by atoms with Gasteiger partial charge in [0.1, 0.15) is 16.9 Å². The molecule has 0 saturated heterocycles. The van der Waals surface area contributed by atoms with Crippen molar-refractivity contribution in [3.8, 4) is 0 Å². The molecule has 0 spiro atoms. The van der Waals surface area contributed by atoms with Gasteiger partial charge >= 0.3 is 10.1 Å². The minimum Gasteiger partial charge on any atom is -0.384 e. The second-order valence-electron chi connectivity index (χ2n) is 5.29. The standard InChI is InChI=1S/C18H18N2O5S/c1-13-8-10-15(11-9-13)26(23,24)25-12-16(18(22)19-2)20-17(21)14-6-4-3-5-7-14/h3-12H,1-2H3,(H,19,22)(H,20,21)/b16-12-. The van der Waals surface area contributed by atoms with Gasteiger partial charge in [-0.05, 0) is 31.2 Å². The third-order valence-electron chi connectivity index (χ3n) is 3.36. The molecule has 2 amide bonds. The van der Waals surface area contributed by atoms with Crippen LogP contribution in [-0.2, 0) is 19.1 Å². The molecule has 0 aliphatic rings. The SMILES string of the molecule is CNC(=O)/C(=C/OS(=O)(=O)c1ccc(C)cc1)NC(=O)c1ccccc1. The van der Waals surface area contributed by atoms with Crippen molar-refractivity contribution in [2.75, 3.05) is 7.05 Å². The summed E-state index contributed by atoms with van der Waals surface area (Å²) in [5, 5.41) is 4.65. The molecule has 2 aromatic rings. The van der Waals surface area contributed by atoms with Crippen molar-refractivity contribution in [2.45, 2.75) is 11.8 Å². The van der Waals surface area contributed by atoms with E-state index in [1.165, 1.54) is 19.2 Å². The fourth-order valence-corrected chi connectivity index (χ4v) is 2.73. The van der Waals surface area contributed by atoms with Crippen LogP contribution in [0.4, 0.5) is 0 Å². The predicted octanol–water partition coefficient (Wildman–Crippen LogP) is 1.72. The van der Waals surface area contributed by atoms with E-state index >= 15 is 0 Å². The molecule has 0 saturated carbocycles. The van der Waals surface area contributed by atoms with Gasteiger partial charge in [0.15, 0.2) is 0 Å². The first-order valence-electron chi connectivity index (χ1n) is 7.62. The highest BCUT2D eigenvalue weighted by atomic mass is 32.2. The summed E-state index contributed by atoms with van der Waals surface area (Å²) in [6.45, 7) is 1.82. The molecule has 0 aliphatic heterocycles. The number of nitrogens with one attached hydrogen (secondary N) is 2. The van der Waals surface area contributed by atoms with Gasteiger partial charge in [-0.1, -0.05) is 35.9 Å². The molecule has 0 unspecified atom stereocenters. The van der Waals surface area contributed by atoms with Gasteiger partial charge < -0.3 is 14.8 Å². The Morgan fingerprint density at radius 3 is 2.19 bits per heavy atom. The van der Waals surface area contributed by atoms with E-state index < -0.39 is 21.9 Å². The fraction of sp³-hybridized carbons (Fsp3) is 0.111. The molecule has 7 nitrogen and oxygen atoms in total. The molecule has 0 radical (unpaired) electrons. The van der Waals surface area contributed by atoms with Crippen LogP contribution in [0.2, 0.25) is 0 Å². The lowest BCUT2D eigenvalue weighted by molar-refractivity contribution is -0.117. The first-order valence-corrected chi connectivity index (χ1v) is 9.03. The Hall–Kier alpha value is -3.13. The van der Waals surface area contributed by atoms with Gasteiger partial charge in [-0.3, -0.25) is 9.59 Å². The lowest BCUT2D eigenvalue weighted by atomic mass is 10.2. The van der Waals surface area contributed by atoms with Gasteiger partial charge in [0.25, 0.3) is 11.8 Å². The molecule has 2 rings (SSSR count). The molecule has 2 aromatic carbocycles. The van der Waals surface area contributed by atoms with Crippen LogP contribution in [0.5, 0.6) is 0 Å². The quantitative estimate of drug-likeness (QED) is 0.455. The van der Waals surface area contributed by atoms with E-state index in [4.69, 9.17) is 4.18 Å². The van der Waals surface area contributed by atoms with Gasteiger partial charge in [0.2, 0.25) is 0 Å². The Morgan fingerprint density at radius 1 is 1.00 bits per heavy atom. The van der Waals surface area contributed by atoms with Crippen LogP contribution in [0.3, 0.4) is 0 Å². The number of likely N-dealkylation sites (N-methyl/N-ethyl adjacent to an activating group) is 1. The van der Waals surface area contributed by atoms with E-state index in [1.54, 1.807) is 42.5 Å². The molecule has 136 valence electrons. The van der Waals surface area contributed by atoms with Gasteiger partial charge in [-0.25, -0.2) is 0 Å². The smallest absolute Gasteiger partial charge is 0.338 e. The van der Waals surface area contributed by atoms with Crippen molar-refractivity contribution in [3.05, 3.63) is 77.7 Å². The summed E-state index contributed by atoms with van der Waals surface area (Å²) in [6.07, 6.45) is 0.703. The maximum Gasteiger partial charge on any atom is 0.338 e. The average molecular weight is 374 g/mol. The van der Waals surface area contributed by atoms with Crippen molar-refractivity contribution in [1.29, 1.82) is 0 Å². The monoisotopic (exact) mass is 374 g/mol. The van der Waals surface area contributed by atoms with E-state index in [1.807, 2.05) is 6.92 Å². The maximum atomic E-state index is 12.2. The highest BCUT2D eigenvalue weighted by Gasteiger charge is 2.18. The average Bonchev–Trinajstić information content (AvgIpc) is 2.65. The Balaban J connectivity index is 2.22. The highest BCUT2D eigenvalue weighted by Crippen LogP contribution is 2.14. The minimum atomic E-state index is -4.12. The Labute approximate surface area is 151 Å². The zero-order valence-electron chi connectivity index (χ0n) is 14.2. The maximum absolute atomic E-state index is 12.2. The summed E-state index contributed by atoms with van der Waals surface area (Å²) in [7, 11) is -2.78. The molecular formula is C18H18N2O5S. The summed E-state index contributed by atoms with van der Waals surface area (Å²) in [4.78, 5) is 24.0. The van der Waals surface area contributed by atoms with Crippen LogP contribution in [0.15, 0.2) is 71.5 Å². The summed E-state index contributed by atoms with van der Waals surface area (Å²) >= 11 is 0. The molecule has 0 fully saturated rings. The van der Waals surface area contributed by atoms with E-state index in [0.717, 1.165) is 5.56 Å². The molecule has 0 atom stereocenters. The van der Waals surface area contributed by atoms with Gasteiger partial charge in [-0.15, -0.1) is 0 Å². The number of carbonyl (C=O) groups is 2. The van der Waals surface area contributed by atoms with Gasteiger partial charge in [-0.2, -0.15) is 8.42 Å². The number of hydrogen-bond acceptors (Lipinski definition) is 5. The highest BCUT2D eigenvalue weighted by molar-refractivity contribution is 7.86. The number of hydrogen-bond donors (Lipinski definition) is 2. The first kappa shape index (κ1) is 19.2. The number of aryl methyl sites for hydroxylation is 1. The second-order valence-corrected chi connectivity index (χ2v) is 6.87. The molecule has 0 aromatic heterocycles. The zero-order valence-corrected chi connectivity index (χ0v) is 15.0. The molecule has 0 bridgehead atoms. The van der Waals surface area contributed by atoms with Crippen LogP contribution in [-0.4, -0.2) is 27.3 Å². The first-order chi connectivity index (χ1) is 12.3. The fourth-order valence-electron chi connectivity index (χ4n) is 1.93. The third kappa shape index (κ3) is 4.93. The largest absolute Gasteiger partial charge is 0.384 e. The van der Waals surface area contributed by atoms with Crippen molar-refractivity contribution in [3.63, 3.8) is 0 Å². The normalized spacial score (nSPS) is 11.5. The molecule has 8 heteroatoms. The lowest BCUT2D eigenvalue weighted by Gasteiger charge is -2.09. The Morgan fingerprint density at radius 2 is 1.62 bits per heavy atom. The summed E-state index contributed by atoms with van der Waals surface area (Å²) in [5.74, 6) is -1.27. The van der Waals surface area contributed by atoms with Gasteiger partial charge in [0, 0.05) is 12.6 Å². The second kappa shape index (κ2) is 8.30. The number of benzene rings is 2. The van der Waals surface area contributed by atoms with Crippen LogP contribution in [0.25, 0.3) is 0 Å². The number of amides is 2. The summed E-state index contributed by atoms with van der Waals surface area (Å²) < 4.78 is 29.2. The predicted molar refractivity (Wildman–Crippen MR) is 95.5 cm³/mol. The van der Waals surface area contributed by atoms with Crippen molar-refractivity contribution in [1.82, 2.24) is 10.6 Å². The summed E-state index contributed by atoms with van der Waals surface area (Å²) in [5.41, 5.74) is 0.862. The topological polar surface area (TPSA) is 102 Å². The zero-order chi connectivity index (χ0) is 19.2. The lowest BCUT2D eigenvalue weighted by Crippen LogP contribution is -2.33. The Kier molecular flexibility index (Phi) is 6.13. The van der Waals surface area contributed by atoms with Crippen molar-refractivity contribution >= 4 is 21.9 Å². The van der Waals surface area contributed by atoms with Crippen LogP contribution < -0.4 is 10.6 Å². The minimum absolute atomic E-state index is 0.0648.